The Labute approximate surface area is 189 Å². The van der Waals surface area contributed by atoms with Crippen LogP contribution in [-0.2, 0) is 0 Å². The monoisotopic (exact) mass is 443 g/mol. The topological polar surface area (TPSA) is 116 Å². The molecule has 0 atom stereocenters. The van der Waals surface area contributed by atoms with Crippen molar-refractivity contribution in [3.8, 4) is 11.4 Å². The molecule has 9 nitrogen and oxygen atoms in total. The zero-order chi connectivity index (χ0) is 22.9. The summed E-state index contributed by atoms with van der Waals surface area (Å²) in [4.78, 5) is 34.0. The Hall–Kier alpha value is -4.40. The molecule has 3 aromatic carbocycles. The summed E-state index contributed by atoms with van der Waals surface area (Å²) >= 11 is 0. The number of fused-ring (bicyclic) bond motifs is 1. The van der Waals surface area contributed by atoms with Crippen LogP contribution in [0.25, 0.3) is 22.4 Å². The van der Waals surface area contributed by atoms with E-state index in [0.29, 0.717) is 11.3 Å². The lowest BCUT2D eigenvalue weighted by atomic mass is 10.1. The Morgan fingerprint density at radius 2 is 1.48 bits per heavy atom. The van der Waals surface area contributed by atoms with Gasteiger partial charge in [-0.3, -0.25) is 10.1 Å². The maximum absolute atomic E-state index is 11.2. The van der Waals surface area contributed by atoms with Crippen molar-refractivity contribution < 1.29 is 14.8 Å². The van der Waals surface area contributed by atoms with Gasteiger partial charge in [-0.05, 0) is 54.6 Å². The van der Waals surface area contributed by atoms with Gasteiger partial charge in [0.15, 0.2) is 0 Å². The highest BCUT2D eigenvalue weighted by molar-refractivity contribution is 5.93. The van der Waals surface area contributed by atoms with E-state index in [1.54, 1.807) is 42.5 Å². The molecule has 5 rings (SSSR count). The van der Waals surface area contributed by atoms with Crippen molar-refractivity contribution in [1.82, 2.24) is 9.97 Å². The highest BCUT2D eigenvalue weighted by atomic mass is 16.6. The number of aromatic carboxylic acids is 1. The van der Waals surface area contributed by atoms with Crippen molar-refractivity contribution in [2.75, 3.05) is 36.0 Å². The molecule has 0 bridgehead atoms. The number of imidazole rings is 1. The van der Waals surface area contributed by atoms with Gasteiger partial charge in [0.1, 0.15) is 5.82 Å². The fourth-order valence-corrected chi connectivity index (χ4v) is 4.11. The number of aromatic nitrogens is 2. The lowest BCUT2D eigenvalue weighted by Crippen LogP contribution is -2.46. The van der Waals surface area contributed by atoms with Gasteiger partial charge in [0, 0.05) is 55.2 Å². The van der Waals surface area contributed by atoms with E-state index in [4.69, 9.17) is 5.11 Å². The number of aromatic amines is 1. The number of anilines is 2. The van der Waals surface area contributed by atoms with Crippen molar-refractivity contribution >= 4 is 34.1 Å². The maximum Gasteiger partial charge on any atom is 0.335 e. The van der Waals surface area contributed by atoms with Crippen LogP contribution in [0, 0.1) is 10.1 Å². The minimum absolute atomic E-state index is 0.101. The van der Waals surface area contributed by atoms with Crippen LogP contribution in [0.1, 0.15) is 10.4 Å². The first-order valence-corrected chi connectivity index (χ1v) is 10.6. The molecule has 33 heavy (non-hydrogen) atoms. The van der Waals surface area contributed by atoms with Crippen molar-refractivity contribution in [1.29, 1.82) is 0 Å². The van der Waals surface area contributed by atoms with Crippen LogP contribution < -0.4 is 9.80 Å². The fraction of sp³-hybridized carbons (Fsp3) is 0.167. The van der Waals surface area contributed by atoms with Gasteiger partial charge >= 0.3 is 5.97 Å². The summed E-state index contributed by atoms with van der Waals surface area (Å²) in [5.74, 6) is -0.276. The van der Waals surface area contributed by atoms with Crippen LogP contribution in [0.5, 0.6) is 0 Å². The first kappa shape index (κ1) is 20.5. The van der Waals surface area contributed by atoms with Crippen LogP contribution in [0.2, 0.25) is 0 Å². The molecule has 1 aromatic heterocycles. The highest BCUT2D eigenvalue weighted by Gasteiger charge is 2.18. The van der Waals surface area contributed by atoms with Gasteiger partial charge in [-0.15, -0.1) is 0 Å². The predicted octanol–water partition coefficient (Wildman–Crippen LogP) is 4.16. The molecule has 0 unspecified atom stereocenters. The Morgan fingerprint density at radius 3 is 2.03 bits per heavy atom. The minimum atomic E-state index is -0.973. The summed E-state index contributed by atoms with van der Waals surface area (Å²) in [7, 11) is 0. The molecule has 1 fully saturated rings. The molecule has 1 aliphatic rings. The minimum Gasteiger partial charge on any atom is -0.478 e. The average molecular weight is 443 g/mol. The number of rotatable bonds is 5. The molecular weight excluding hydrogens is 422 g/mol. The maximum atomic E-state index is 11.2. The highest BCUT2D eigenvalue weighted by Crippen LogP contribution is 2.26. The fourth-order valence-electron chi connectivity index (χ4n) is 4.11. The van der Waals surface area contributed by atoms with Crippen molar-refractivity contribution in [3.63, 3.8) is 0 Å². The van der Waals surface area contributed by atoms with Crippen molar-refractivity contribution in [3.05, 3.63) is 82.4 Å². The third kappa shape index (κ3) is 4.08. The molecule has 0 saturated carbocycles. The Morgan fingerprint density at radius 1 is 0.909 bits per heavy atom. The van der Waals surface area contributed by atoms with Gasteiger partial charge in [-0.1, -0.05) is 0 Å². The molecule has 2 N–H and O–H groups in total. The smallest absolute Gasteiger partial charge is 0.335 e. The summed E-state index contributed by atoms with van der Waals surface area (Å²) in [6.07, 6.45) is 0. The van der Waals surface area contributed by atoms with E-state index < -0.39 is 5.97 Å². The van der Waals surface area contributed by atoms with Crippen LogP contribution in [-0.4, -0.2) is 52.1 Å². The second-order valence-electron chi connectivity index (χ2n) is 7.92. The second kappa shape index (κ2) is 8.27. The number of H-pyrrole nitrogens is 1. The summed E-state index contributed by atoms with van der Waals surface area (Å²) in [6.45, 7) is 3.35. The molecule has 0 amide bonds. The van der Waals surface area contributed by atoms with E-state index >= 15 is 0 Å². The van der Waals surface area contributed by atoms with Crippen LogP contribution in [0.3, 0.4) is 0 Å². The third-order valence-electron chi connectivity index (χ3n) is 5.94. The quantitative estimate of drug-likeness (QED) is 0.351. The molecule has 9 heteroatoms. The zero-order valence-electron chi connectivity index (χ0n) is 17.6. The van der Waals surface area contributed by atoms with Gasteiger partial charge in [0.05, 0.1) is 21.5 Å². The second-order valence-corrected chi connectivity index (χ2v) is 7.92. The number of carboxylic acids is 1. The molecular formula is C24H21N5O4. The zero-order valence-corrected chi connectivity index (χ0v) is 17.6. The third-order valence-corrected chi connectivity index (χ3v) is 5.94. The number of benzene rings is 3. The number of non-ortho nitro benzene ring substituents is 1. The summed E-state index contributed by atoms with van der Waals surface area (Å²) < 4.78 is 0. The van der Waals surface area contributed by atoms with Crippen molar-refractivity contribution in [2.45, 2.75) is 0 Å². The number of nitro benzene ring substituents is 1. The van der Waals surface area contributed by atoms with Crippen LogP contribution in [0.15, 0.2) is 66.7 Å². The molecule has 4 aromatic rings. The Bertz CT molecular complexity index is 1320. The first-order chi connectivity index (χ1) is 16.0. The summed E-state index contributed by atoms with van der Waals surface area (Å²) in [5.41, 5.74) is 4.76. The van der Waals surface area contributed by atoms with Gasteiger partial charge < -0.3 is 19.9 Å². The Balaban J connectivity index is 1.26. The van der Waals surface area contributed by atoms with E-state index in [0.717, 1.165) is 48.6 Å². The van der Waals surface area contributed by atoms with Gasteiger partial charge in [-0.25, -0.2) is 9.78 Å². The van der Waals surface area contributed by atoms with E-state index in [1.165, 1.54) is 0 Å². The van der Waals surface area contributed by atoms with Gasteiger partial charge in [-0.2, -0.15) is 0 Å². The van der Waals surface area contributed by atoms with Crippen LogP contribution in [0.4, 0.5) is 17.1 Å². The molecule has 0 aliphatic carbocycles. The largest absolute Gasteiger partial charge is 0.478 e. The van der Waals surface area contributed by atoms with E-state index in [2.05, 4.69) is 31.9 Å². The normalized spacial score (nSPS) is 13.9. The molecule has 0 spiro atoms. The number of nitrogens with one attached hydrogen (secondary N) is 1. The van der Waals surface area contributed by atoms with Crippen LogP contribution >= 0.6 is 0 Å². The number of hydrogen-bond acceptors (Lipinski definition) is 6. The van der Waals surface area contributed by atoms with Gasteiger partial charge in [0.2, 0.25) is 0 Å². The lowest BCUT2D eigenvalue weighted by Gasteiger charge is -2.37. The molecule has 1 aliphatic heterocycles. The number of hydrogen-bond donors (Lipinski definition) is 2. The Kier molecular flexibility index (Phi) is 5.14. The number of carboxylic acid groups (broad SMARTS) is 1. The summed E-state index contributed by atoms with van der Waals surface area (Å²) in [5, 5.41) is 20.0. The number of nitro groups is 1. The standard InChI is InChI=1S/C24H21N5O4/c30-24(31)17-3-10-21-22(15-17)26-23(25-21)16-1-4-18(5-2-16)27-11-13-28(14-12-27)19-6-8-20(9-7-19)29(32)33/h1-10,15H,11-14H2,(H,25,26)(H,30,31). The SMILES string of the molecule is O=C(O)c1ccc2[nH]c(-c3ccc(N4CCN(c5ccc([N+](=O)[O-])cc5)CC4)cc3)nc2c1. The summed E-state index contributed by atoms with van der Waals surface area (Å²) in [6, 6.07) is 19.7. The number of piperazine rings is 1. The molecule has 166 valence electrons. The number of carbonyl (C=O) groups is 1. The lowest BCUT2D eigenvalue weighted by molar-refractivity contribution is -0.384. The molecule has 2 heterocycles. The number of nitrogens with zero attached hydrogens (tertiary/aromatic N) is 4. The average Bonchev–Trinajstić information content (AvgIpc) is 3.28. The molecule has 0 radical (unpaired) electrons. The van der Waals surface area contributed by atoms with E-state index in [1.807, 2.05) is 12.1 Å². The van der Waals surface area contributed by atoms with Gasteiger partial charge in [0.25, 0.3) is 5.69 Å². The molecule has 1 saturated heterocycles. The van der Waals surface area contributed by atoms with E-state index in [-0.39, 0.29) is 16.2 Å². The van der Waals surface area contributed by atoms with Crippen molar-refractivity contribution in [2.24, 2.45) is 0 Å². The first-order valence-electron chi connectivity index (χ1n) is 10.6. The van der Waals surface area contributed by atoms with E-state index in [9.17, 15) is 14.9 Å². The predicted molar refractivity (Wildman–Crippen MR) is 126 cm³/mol.